The van der Waals surface area contributed by atoms with Crippen molar-refractivity contribution in [3.63, 3.8) is 0 Å². The molecule has 1 aliphatic heterocycles. The highest BCUT2D eigenvalue weighted by molar-refractivity contribution is 5.82. The lowest BCUT2D eigenvalue weighted by Crippen LogP contribution is -1.95. The highest BCUT2D eigenvalue weighted by Gasteiger charge is 2.23. The zero-order valence-electron chi connectivity index (χ0n) is 14.4. The van der Waals surface area contributed by atoms with Crippen LogP contribution in [0.25, 0.3) is 34.4 Å². The summed E-state index contributed by atoms with van der Waals surface area (Å²) in [4.78, 5) is 13.2. The lowest BCUT2D eigenvalue weighted by atomic mass is 10.1. The van der Waals surface area contributed by atoms with Crippen LogP contribution >= 0.6 is 0 Å². The van der Waals surface area contributed by atoms with Crippen molar-refractivity contribution in [3.8, 4) is 11.4 Å². The Morgan fingerprint density at radius 1 is 0.963 bits per heavy atom. The standard InChI is InChI=1S/C21H14F2N4/c1-12-15-5-3-7-17(23)20(15)26-18(24-12)9-8-14-11-27-10-13-4-2-6-16(22)19(13)21(27)25-14/h2-9,11H,10H2,1H3/b9-8+. The van der Waals surface area contributed by atoms with Gasteiger partial charge in [0.15, 0.2) is 5.82 Å². The third-order valence-corrected chi connectivity index (χ3v) is 4.75. The Labute approximate surface area is 153 Å². The van der Waals surface area contributed by atoms with Crippen molar-refractivity contribution in [2.24, 2.45) is 0 Å². The minimum atomic E-state index is -0.374. The summed E-state index contributed by atoms with van der Waals surface area (Å²) >= 11 is 0. The van der Waals surface area contributed by atoms with Crippen LogP contribution in [0.4, 0.5) is 8.78 Å². The third-order valence-electron chi connectivity index (χ3n) is 4.75. The lowest BCUT2D eigenvalue weighted by Gasteiger charge is -2.03. The number of para-hydroxylation sites is 1. The molecule has 0 atom stereocenters. The smallest absolute Gasteiger partial charge is 0.153 e. The zero-order chi connectivity index (χ0) is 18.5. The molecule has 3 heterocycles. The summed E-state index contributed by atoms with van der Waals surface area (Å²) in [5.41, 5.74) is 3.17. The van der Waals surface area contributed by atoms with Gasteiger partial charge in [0.2, 0.25) is 0 Å². The van der Waals surface area contributed by atoms with Crippen LogP contribution in [0.5, 0.6) is 0 Å². The van der Waals surface area contributed by atoms with Crippen LogP contribution in [-0.2, 0) is 6.54 Å². The molecule has 0 bridgehead atoms. The molecule has 0 saturated heterocycles. The molecule has 4 aromatic rings. The fourth-order valence-electron chi connectivity index (χ4n) is 3.50. The first kappa shape index (κ1) is 15.8. The van der Waals surface area contributed by atoms with Crippen LogP contribution in [0.1, 0.15) is 22.8 Å². The van der Waals surface area contributed by atoms with E-state index >= 15 is 0 Å². The highest BCUT2D eigenvalue weighted by atomic mass is 19.1. The Hall–Kier alpha value is -3.41. The molecule has 0 spiro atoms. The second-order valence-corrected chi connectivity index (χ2v) is 6.53. The molecule has 1 aliphatic rings. The van der Waals surface area contributed by atoms with Crippen molar-refractivity contribution in [1.82, 2.24) is 19.5 Å². The molecule has 2 aromatic heterocycles. The van der Waals surface area contributed by atoms with Crippen molar-refractivity contribution < 1.29 is 8.78 Å². The Bertz CT molecular complexity index is 1240. The molecular weight excluding hydrogens is 346 g/mol. The van der Waals surface area contributed by atoms with Gasteiger partial charge in [-0.05, 0) is 36.8 Å². The van der Waals surface area contributed by atoms with E-state index in [1.165, 1.54) is 12.1 Å². The summed E-state index contributed by atoms with van der Waals surface area (Å²) in [5, 5.41) is 0.695. The monoisotopic (exact) mass is 360 g/mol. The van der Waals surface area contributed by atoms with E-state index in [9.17, 15) is 8.78 Å². The van der Waals surface area contributed by atoms with Crippen molar-refractivity contribution in [2.75, 3.05) is 0 Å². The van der Waals surface area contributed by atoms with E-state index in [0.717, 1.165) is 5.56 Å². The van der Waals surface area contributed by atoms with Crippen LogP contribution in [0.2, 0.25) is 0 Å². The molecular formula is C21H14F2N4. The predicted molar refractivity (Wildman–Crippen MR) is 99.9 cm³/mol. The Morgan fingerprint density at radius 2 is 1.78 bits per heavy atom. The van der Waals surface area contributed by atoms with Gasteiger partial charge in [0.25, 0.3) is 0 Å². The number of hydrogen-bond donors (Lipinski definition) is 0. The summed E-state index contributed by atoms with van der Waals surface area (Å²) in [6, 6.07) is 9.89. The van der Waals surface area contributed by atoms with Crippen molar-refractivity contribution in [2.45, 2.75) is 13.5 Å². The summed E-state index contributed by atoms with van der Waals surface area (Å²) in [6.07, 6.45) is 5.31. The molecule has 6 heteroatoms. The second kappa shape index (κ2) is 5.81. The van der Waals surface area contributed by atoms with Crippen molar-refractivity contribution in [1.29, 1.82) is 0 Å². The number of halogens is 2. The molecule has 0 aliphatic carbocycles. The number of rotatable bonds is 2. The average Bonchev–Trinajstić information content (AvgIpc) is 3.18. The SMILES string of the molecule is Cc1nc(/C=C/c2cn3c(n2)-c2c(F)cccc2C3)nc2c(F)cccc12. The van der Waals surface area contributed by atoms with E-state index in [-0.39, 0.29) is 11.6 Å². The van der Waals surface area contributed by atoms with Crippen LogP contribution in [0, 0.1) is 18.6 Å². The first-order chi connectivity index (χ1) is 13.1. The third kappa shape index (κ3) is 2.52. The first-order valence-corrected chi connectivity index (χ1v) is 8.56. The molecule has 132 valence electrons. The molecule has 0 radical (unpaired) electrons. The topological polar surface area (TPSA) is 43.6 Å². The lowest BCUT2D eigenvalue weighted by molar-refractivity contribution is 0.630. The molecule has 0 fully saturated rings. The maximum atomic E-state index is 14.1. The van der Waals surface area contributed by atoms with E-state index < -0.39 is 0 Å². The fourth-order valence-corrected chi connectivity index (χ4v) is 3.50. The maximum absolute atomic E-state index is 14.1. The summed E-state index contributed by atoms with van der Waals surface area (Å²) in [7, 11) is 0. The number of nitrogens with zero attached hydrogens (tertiary/aromatic N) is 4. The molecule has 0 unspecified atom stereocenters. The second-order valence-electron chi connectivity index (χ2n) is 6.53. The van der Waals surface area contributed by atoms with Gasteiger partial charge in [-0.3, -0.25) is 0 Å². The normalized spacial score (nSPS) is 12.7. The number of hydrogen-bond acceptors (Lipinski definition) is 3. The summed E-state index contributed by atoms with van der Waals surface area (Å²) in [6.45, 7) is 2.42. The Morgan fingerprint density at radius 3 is 2.67 bits per heavy atom. The number of aryl methyl sites for hydroxylation is 1. The minimum absolute atomic E-state index is 0.267. The van der Waals surface area contributed by atoms with Gasteiger partial charge >= 0.3 is 0 Å². The largest absolute Gasteiger partial charge is 0.326 e. The van der Waals surface area contributed by atoms with E-state index in [4.69, 9.17) is 0 Å². The van der Waals surface area contributed by atoms with Crippen LogP contribution in [0.15, 0.2) is 42.6 Å². The van der Waals surface area contributed by atoms with E-state index in [2.05, 4.69) is 15.0 Å². The quantitative estimate of drug-likeness (QED) is 0.462. The van der Waals surface area contributed by atoms with Gasteiger partial charge in [0.1, 0.15) is 23.0 Å². The van der Waals surface area contributed by atoms with Crippen molar-refractivity contribution in [3.05, 3.63) is 77.0 Å². The van der Waals surface area contributed by atoms with Gasteiger partial charge in [-0.15, -0.1) is 0 Å². The summed E-state index contributed by atoms with van der Waals surface area (Å²) < 4.78 is 30.1. The van der Waals surface area contributed by atoms with Gasteiger partial charge < -0.3 is 4.57 Å². The van der Waals surface area contributed by atoms with Crippen LogP contribution in [0.3, 0.4) is 0 Å². The van der Waals surface area contributed by atoms with Gasteiger partial charge in [0, 0.05) is 23.8 Å². The zero-order valence-corrected chi connectivity index (χ0v) is 14.4. The number of aromatic nitrogens is 4. The van der Waals surface area contributed by atoms with Gasteiger partial charge in [0.05, 0.1) is 11.3 Å². The Balaban J connectivity index is 1.52. The van der Waals surface area contributed by atoms with Crippen molar-refractivity contribution >= 4 is 23.1 Å². The molecule has 2 aromatic carbocycles. The summed E-state index contributed by atoms with van der Waals surface area (Å²) in [5.74, 6) is 0.381. The Kier molecular flexibility index (Phi) is 3.40. The highest BCUT2D eigenvalue weighted by Crippen LogP contribution is 2.33. The maximum Gasteiger partial charge on any atom is 0.153 e. The van der Waals surface area contributed by atoms with Gasteiger partial charge in [-0.2, -0.15) is 0 Å². The van der Waals surface area contributed by atoms with Gasteiger partial charge in [-0.25, -0.2) is 23.7 Å². The average molecular weight is 360 g/mol. The van der Waals surface area contributed by atoms with E-state index in [0.29, 0.717) is 46.0 Å². The molecule has 0 N–H and O–H groups in total. The van der Waals surface area contributed by atoms with E-state index in [1.807, 2.05) is 23.8 Å². The van der Waals surface area contributed by atoms with Gasteiger partial charge in [-0.1, -0.05) is 24.3 Å². The van der Waals surface area contributed by atoms with E-state index in [1.54, 1.807) is 30.4 Å². The number of fused-ring (bicyclic) bond motifs is 4. The molecule has 5 rings (SSSR count). The molecule has 4 nitrogen and oxygen atoms in total. The fraction of sp³-hybridized carbons (Fsp3) is 0.0952. The molecule has 0 amide bonds. The molecule has 27 heavy (non-hydrogen) atoms. The predicted octanol–water partition coefficient (Wildman–Crippen LogP) is 4.61. The number of imidazole rings is 1. The van der Waals surface area contributed by atoms with Crippen LogP contribution in [-0.4, -0.2) is 19.5 Å². The first-order valence-electron chi connectivity index (χ1n) is 8.56. The molecule has 0 saturated carbocycles. The van der Waals surface area contributed by atoms with Crippen LogP contribution < -0.4 is 0 Å². The minimum Gasteiger partial charge on any atom is -0.326 e. The number of benzene rings is 2.